The van der Waals surface area contributed by atoms with Gasteiger partial charge in [0.25, 0.3) is 6.71 Å². The Morgan fingerprint density at radius 1 is 0.444 bits per heavy atom. The van der Waals surface area contributed by atoms with Gasteiger partial charge in [0, 0.05) is 39.7 Å². The summed E-state index contributed by atoms with van der Waals surface area (Å²) in [5, 5.41) is 0. The van der Waals surface area contributed by atoms with Crippen LogP contribution in [0.15, 0.2) is 158 Å². The van der Waals surface area contributed by atoms with Gasteiger partial charge in [-0.05, 0) is 177 Å². The van der Waals surface area contributed by atoms with Crippen LogP contribution < -0.4 is 31.1 Å². The first-order valence-electron chi connectivity index (χ1n) is 26.4. The number of hydrogen-bond donors (Lipinski definition) is 0. The molecule has 3 nitrogen and oxygen atoms in total. The van der Waals surface area contributed by atoms with E-state index in [-0.39, 0.29) is 28.4 Å². The molecule has 0 saturated carbocycles. The molecule has 0 amide bonds. The van der Waals surface area contributed by atoms with Crippen molar-refractivity contribution in [2.45, 2.75) is 131 Å². The van der Waals surface area contributed by atoms with Gasteiger partial charge >= 0.3 is 0 Å². The highest BCUT2D eigenvalue weighted by molar-refractivity contribution is 7.00. The summed E-state index contributed by atoms with van der Waals surface area (Å²) in [5.74, 6) is 0. The normalized spacial score (nSPS) is 15.4. The van der Waals surface area contributed by atoms with E-state index in [1.54, 1.807) is 0 Å². The molecule has 4 heteroatoms. The highest BCUT2D eigenvalue weighted by atomic mass is 15.2. The maximum atomic E-state index is 2.69. The molecule has 0 fully saturated rings. The minimum atomic E-state index is -0.138. The fourth-order valence-corrected chi connectivity index (χ4v) is 12.5. The van der Waals surface area contributed by atoms with Gasteiger partial charge in [0.05, 0.1) is 17.1 Å². The van der Waals surface area contributed by atoms with Gasteiger partial charge in [-0.2, -0.15) is 0 Å². The van der Waals surface area contributed by atoms with E-state index in [4.69, 9.17) is 0 Å². The molecule has 0 N–H and O–H groups in total. The van der Waals surface area contributed by atoms with Crippen LogP contribution in [0, 0.1) is 27.7 Å². The van der Waals surface area contributed by atoms with E-state index < -0.39 is 0 Å². The monoisotopic (exact) mass is 942 g/mol. The van der Waals surface area contributed by atoms with E-state index in [1.165, 1.54) is 106 Å². The van der Waals surface area contributed by atoms with E-state index in [0.29, 0.717) is 0 Å². The Labute approximate surface area is 431 Å². The summed E-state index contributed by atoms with van der Waals surface area (Å²) in [5.41, 5.74) is 28.1. The number of benzene rings is 8. The summed E-state index contributed by atoms with van der Waals surface area (Å²) in [4.78, 5) is 7.86. The molecule has 8 aromatic rings. The average Bonchev–Trinajstić information content (AvgIpc) is 3.33. The van der Waals surface area contributed by atoms with Gasteiger partial charge in [0.15, 0.2) is 0 Å². The van der Waals surface area contributed by atoms with Crippen LogP contribution in [0.2, 0.25) is 0 Å². The van der Waals surface area contributed by atoms with Crippen LogP contribution in [0.3, 0.4) is 0 Å². The van der Waals surface area contributed by atoms with Crippen molar-refractivity contribution in [1.82, 2.24) is 0 Å². The Balaban J connectivity index is 1.27. The van der Waals surface area contributed by atoms with Crippen molar-refractivity contribution in [2.75, 3.05) is 14.7 Å². The van der Waals surface area contributed by atoms with E-state index in [9.17, 15) is 0 Å². The summed E-state index contributed by atoms with van der Waals surface area (Å²) in [6.45, 7) is 33.1. The lowest BCUT2D eigenvalue weighted by Gasteiger charge is -2.48. The van der Waals surface area contributed by atoms with Gasteiger partial charge in [-0.25, -0.2) is 0 Å². The van der Waals surface area contributed by atoms with E-state index in [1.807, 2.05) is 0 Å². The zero-order chi connectivity index (χ0) is 50.8. The molecule has 8 aromatic carbocycles. The molecule has 0 radical (unpaired) electrons. The highest BCUT2D eigenvalue weighted by Gasteiger charge is 2.48. The molecule has 1 aliphatic carbocycles. The van der Waals surface area contributed by atoms with Gasteiger partial charge in [-0.1, -0.05) is 178 Å². The second-order valence-corrected chi connectivity index (χ2v) is 24.7. The third-order valence-corrected chi connectivity index (χ3v) is 16.7. The van der Waals surface area contributed by atoms with Crippen LogP contribution in [-0.2, 0) is 21.7 Å². The minimum absolute atomic E-state index is 0.0218. The quantitative estimate of drug-likeness (QED) is 0.154. The van der Waals surface area contributed by atoms with Crippen molar-refractivity contribution in [3.05, 3.63) is 202 Å². The molecule has 0 saturated heterocycles. The molecule has 11 rings (SSSR count). The Bertz CT molecular complexity index is 3400. The Morgan fingerprint density at radius 3 is 1.47 bits per heavy atom. The van der Waals surface area contributed by atoms with Crippen molar-refractivity contribution in [3.8, 4) is 11.1 Å². The number of anilines is 9. The molecule has 362 valence electrons. The highest BCUT2D eigenvalue weighted by Crippen LogP contribution is 2.53. The Kier molecular flexibility index (Phi) is 11.2. The van der Waals surface area contributed by atoms with Gasteiger partial charge in [0.2, 0.25) is 0 Å². The number of nitrogens with zero attached hydrogens (tertiary/aromatic N) is 3. The minimum Gasteiger partial charge on any atom is -0.311 e. The Hall–Kier alpha value is -6.78. The average molecular weight is 942 g/mol. The van der Waals surface area contributed by atoms with Crippen molar-refractivity contribution >= 4 is 74.3 Å². The fraction of sp³-hybridized carbons (Fsp3) is 0.294. The van der Waals surface area contributed by atoms with Gasteiger partial charge in [0.1, 0.15) is 0 Å². The standard InChI is InChI=1S/C68H72BN3/c1-43-22-20-23-44(2)63(43)71-58-40-51(70(50-32-30-48(31-33-50)65(5,6)7)57-29-19-18-28-52(57)47-26-16-15-17-27-47)34-35-55(58)69-56-41-53-54(68(13,14)37-36-67(53,11)12)42-59(56)72(64-45(3)24-21-25-46(64)4)61-39-49(66(8,9)10)38-60(71)62(61)69/h15-35,38-42H,36-37H2,1-14H3. The van der Waals surface area contributed by atoms with Crippen LogP contribution in [0.5, 0.6) is 0 Å². The van der Waals surface area contributed by atoms with E-state index in [0.717, 1.165) is 29.9 Å². The van der Waals surface area contributed by atoms with E-state index >= 15 is 0 Å². The van der Waals surface area contributed by atoms with Crippen molar-refractivity contribution < 1.29 is 0 Å². The molecular formula is C68H72BN3. The predicted molar refractivity (Wildman–Crippen MR) is 312 cm³/mol. The molecule has 72 heavy (non-hydrogen) atoms. The molecule has 2 aliphatic heterocycles. The molecule has 0 aromatic heterocycles. The fourth-order valence-electron chi connectivity index (χ4n) is 12.5. The molecule has 2 heterocycles. The van der Waals surface area contributed by atoms with Crippen LogP contribution in [-0.4, -0.2) is 6.71 Å². The SMILES string of the molecule is Cc1cccc(C)c1N1c2cc(N(c3ccc(C(C)(C)C)cc3)c3ccccc3-c3ccccc3)ccc2B2c3cc4c(cc3N(c3c(C)cccc3C)c3cc(C(C)(C)C)cc1c32)C(C)(C)CCC4(C)C. The number of para-hydroxylation sites is 3. The summed E-state index contributed by atoms with van der Waals surface area (Å²) in [7, 11) is 0. The lowest BCUT2D eigenvalue weighted by Crippen LogP contribution is -2.62. The molecule has 0 unspecified atom stereocenters. The van der Waals surface area contributed by atoms with Crippen molar-refractivity contribution in [1.29, 1.82) is 0 Å². The Morgan fingerprint density at radius 2 is 0.931 bits per heavy atom. The van der Waals surface area contributed by atoms with Gasteiger partial charge in [-0.3, -0.25) is 0 Å². The third-order valence-electron chi connectivity index (χ3n) is 16.7. The maximum absolute atomic E-state index is 2.69. The zero-order valence-corrected chi connectivity index (χ0v) is 45.3. The number of fused-ring (bicyclic) bond motifs is 5. The van der Waals surface area contributed by atoms with Gasteiger partial charge < -0.3 is 14.7 Å². The molecule has 3 aliphatic rings. The number of hydrogen-bond acceptors (Lipinski definition) is 3. The summed E-state index contributed by atoms with van der Waals surface area (Å²) >= 11 is 0. The van der Waals surface area contributed by atoms with Crippen LogP contribution in [0.25, 0.3) is 11.1 Å². The van der Waals surface area contributed by atoms with Crippen molar-refractivity contribution in [3.63, 3.8) is 0 Å². The maximum Gasteiger partial charge on any atom is 0.252 e. The smallest absolute Gasteiger partial charge is 0.252 e. The third kappa shape index (κ3) is 7.71. The topological polar surface area (TPSA) is 9.72 Å². The molecule has 0 atom stereocenters. The molecule has 0 bridgehead atoms. The second kappa shape index (κ2) is 16.9. The van der Waals surface area contributed by atoms with Crippen LogP contribution in [0.4, 0.5) is 51.2 Å². The van der Waals surface area contributed by atoms with Gasteiger partial charge in [-0.15, -0.1) is 0 Å². The zero-order valence-electron chi connectivity index (χ0n) is 45.3. The molecular weight excluding hydrogens is 870 g/mol. The largest absolute Gasteiger partial charge is 0.311 e. The van der Waals surface area contributed by atoms with Crippen LogP contribution in [0.1, 0.15) is 127 Å². The first-order chi connectivity index (χ1) is 34.1. The number of rotatable bonds is 6. The predicted octanol–water partition coefficient (Wildman–Crippen LogP) is 17.1. The molecule has 0 spiro atoms. The van der Waals surface area contributed by atoms with Crippen LogP contribution >= 0.6 is 0 Å². The van der Waals surface area contributed by atoms with Crippen molar-refractivity contribution in [2.24, 2.45) is 0 Å². The first kappa shape index (κ1) is 47.5. The first-order valence-corrected chi connectivity index (χ1v) is 26.4. The summed E-state index contributed by atoms with van der Waals surface area (Å²) < 4.78 is 0. The number of aryl methyl sites for hydroxylation is 4. The lowest BCUT2D eigenvalue weighted by molar-refractivity contribution is 0.332. The summed E-state index contributed by atoms with van der Waals surface area (Å²) in [6.07, 6.45) is 2.32. The van der Waals surface area contributed by atoms with E-state index in [2.05, 4.69) is 269 Å². The second-order valence-electron chi connectivity index (χ2n) is 24.7. The summed E-state index contributed by atoms with van der Waals surface area (Å²) in [6, 6.07) is 60.6. The lowest BCUT2D eigenvalue weighted by atomic mass is 9.33.